The first-order chi connectivity index (χ1) is 10.2. The average molecular weight is 291 g/mol. The van der Waals surface area contributed by atoms with Gasteiger partial charge in [-0.05, 0) is 18.2 Å². The molecule has 0 aromatic heterocycles. The summed E-state index contributed by atoms with van der Waals surface area (Å²) in [5.41, 5.74) is 0.894. The SMILES string of the molecule is O=C1N(CC2Cc3cc(F)ccc3O2)CC2CNCCN12. The quantitative estimate of drug-likeness (QED) is 0.878. The molecule has 0 spiro atoms. The van der Waals surface area contributed by atoms with E-state index in [0.717, 1.165) is 37.5 Å². The number of fused-ring (bicyclic) bond motifs is 2. The van der Waals surface area contributed by atoms with Crippen LogP contribution in [0.25, 0.3) is 0 Å². The summed E-state index contributed by atoms with van der Waals surface area (Å²) >= 11 is 0. The fraction of sp³-hybridized carbons (Fsp3) is 0.533. The second-order valence-electron chi connectivity index (χ2n) is 5.93. The second-order valence-corrected chi connectivity index (χ2v) is 5.93. The predicted octanol–water partition coefficient (Wildman–Crippen LogP) is 0.839. The number of hydrogen-bond donors (Lipinski definition) is 1. The number of benzene rings is 1. The van der Waals surface area contributed by atoms with Gasteiger partial charge in [0.2, 0.25) is 0 Å². The van der Waals surface area contributed by atoms with E-state index in [1.807, 2.05) is 9.80 Å². The van der Waals surface area contributed by atoms with Gasteiger partial charge in [0, 0.05) is 38.2 Å². The Kier molecular flexibility index (Phi) is 2.99. The van der Waals surface area contributed by atoms with E-state index >= 15 is 0 Å². The van der Waals surface area contributed by atoms with E-state index in [2.05, 4.69) is 5.32 Å². The largest absolute Gasteiger partial charge is 0.488 e. The number of carbonyl (C=O) groups excluding carboxylic acids is 1. The van der Waals surface area contributed by atoms with Gasteiger partial charge in [0.15, 0.2) is 0 Å². The zero-order chi connectivity index (χ0) is 14.4. The van der Waals surface area contributed by atoms with Gasteiger partial charge in [0.05, 0.1) is 12.6 Å². The maximum Gasteiger partial charge on any atom is 0.320 e. The lowest BCUT2D eigenvalue weighted by atomic mass is 10.1. The molecule has 2 amide bonds. The Morgan fingerprint density at radius 3 is 3.19 bits per heavy atom. The lowest BCUT2D eigenvalue weighted by Gasteiger charge is -2.28. The summed E-state index contributed by atoms with van der Waals surface area (Å²) in [5, 5.41) is 3.32. The van der Waals surface area contributed by atoms with Crippen molar-refractivity contribution >= 4 is 6.03 Å². The van der Waals surface area contributed by atoms with E-state index in [-0.39, 0.29) is 24.0 Å². The molecular weight excluding hydrogens is 273 g/mol. The first-order valence-corrected chi connectivity index (χ1v) is 7.42. The average Bonchev–Trinajstić information content (AvgIpc) is 3.01. The van der Waals surface area contributed by atoms with Crippen LogP contribution in [0.2, 0.25) is 0 Å². The first-order valence-electron chi connectivity index (χ1n) is 7.42. The third-order valence-electron chi connectivity index (χ3n) is 4.49. The molecule has 3 heterocycles. The second kappa shape index (κ2) is 4.87. The fourth-order valence-electron chi connectivity index (χ4n) is 3.48. The molecule has 5 nitrogen and oxygen atoms in total. The number of carbonyl (C=O) groups is 1. The molecule has 4 rings (SSSR count). The highest BCUT2D eigenvalue weighted by molar-refractivity contribution is 5.77. The van der Waals surface area contributed by atoms with Gasteiger partial charge in [0.1, 0.15) is 17.7 Å². The monoisotopic (exact) mass is 291 g/mol. The van der Waals surface area contributed by atoms with Crippen LogP contribution < -0.4 is 10.1 Å². The number of nitrogens with zero attached hydrogens (tertiary/aromatic N) is 2. The Labute approximate surface area is 122 Å². The van der Waals surface area contributed by atoms with Gasteiger partial charge in [-0.15, -0.1) is 0 Å². The van der Waals surface area contributed by atoms with Crippen molar-refractivity contribution < 1.29 is 13.9 Å². The minimum absolute atomic E-state index is 0.0694. The maximum atomic E-state index is 13.2. The summed E-state index contributed by atoms with van der Waals surface area (Å²) in [6.07, 6.45) is 0.597. The molecule has 0 bridgehead atoms. The van der Waals surface area contributed by atoms with Crippen LogP contribution in [-0.2, 0) is 6.42 Å². The van der Waals surface area contributed by atoms with Crippen molar-refractivity contribution in [3.63, 3.8) is 0 Å². The lowest BCUT2D eigenvalue weighted by molar-refractivity contribution is 0.156. The summed E-state index contributed by atoms with van der Waals surface area (Å²) in [6.45, 7) is 3.81. The van der Waals surface area contributed by atoms with Crippen molar-refractivity contribution in [1.82, 2.24) is 15.1 Å². The van der Waals surface area contributed by atoms with Gasteiger partial charge in [-0.2, -0.15) is 0 Å². The maximum absolute atomic E-state index is 13.2. The lowest BCUT2D eigenvalue weighted by Crippen LogP contribution is -2.50. The summed E-state index contributed by atoms with van der Waals surface area (Å²) in [5.74, 6) is 0.505. The van der Waals surface area contributed by atoms with Crippen molar-refractivity contribution in [2.75, 3.05) is 32.7 Å². The number of amides is 2. The molecule has 1 aromatic rings. The van der Waals surface area contributed by atoms with E-state index in [4.69, 9.17) is 4.74 Å². The van der Waals surface area contributed by atoms with Crippen molar-refractivity contribution in [2.45, 2.75) is 18.6 Å². The Balaban J connectivity index is 1.43. The topological polar surface area (TPSA) is 44.8 Å². The van der Waals surface area contributed by atoms with E-state index in [1.165, 1.54) is 12.1 Å². The van der Waals surface area contributed by atoms with E-state index in [1.54, 1.807) is 6.07 Å². The molecule has 112 valence electrons. The van der Waals surface area contributed by atoms with Crippen LogP contribution in [0, 0.1) is 5.82 Å². The van der Waals surface area contributed by atoms with Gasteiger partial charge in [-0.25, -0.2) is 9.18 Å². The molecule has 21 heavy (non-hydrogen) atoms. The van der Waals surface area contributed by atoms with Crippen molar-refractivity contribution in [1.29, 1.82) is 0 Å². The third-order valence-corrected chi connectivity index (χ3v) is 4.49. The highest BCUT2D eigenvalue weighted by Gasteiger charge is 2.40. The molecule has 0 saturated carbocycles. The zero-order valence-electron chi connectivity index (χ0n) is 11.7. The minimum atomic E-state index is -0.238. The summed E-state index contributed by atoms with van der Waals surface area (Å²) in [6, 6.07) is 4.98. The molecule has 1 N–H and O–H groups in total. The molecule has 2 unspecified atom stereocenters. The fourth-order valence-corrected chi connectivity index (χ4v) is 3.48. The van der Waals surface area contributed by atoms with Crippen LogP contribution in [0.4, 0.5) is 9.18 Å². The zero-order valence-corrected chi connectivity index (χ0v) is 11.7. The minimum Gasteiger partial charge on any atom is -0.488 e. The van der Waals surface area contributed by atoms with Crippen LogP contribution in [0.1, 0.15) is 5.56 Å². The van der Waals surface area contributed by atoms with Gasteiger partial charge >= 0.3 is 6.03 Å². The van der Waals surface area contributed by atoms with Gasteiger partial charge in [-0.3, -0.25) is 0 Å². The predicted molar refractivity (Wildman–Crippen MR) is 74.9 cm³/mol. The normalized spacial score (nSPS) is 27.6. The Bertz CT molecular complexity index is 580. The Morgan fingerprint density at radius 1 is 1.43 bits per heavy atom. The highest BCUT2D eigenvalue weighted by Crippen LogP contribution is 2.30. The van der Waals surface area contributed by atoms with Crippen LogP contribution >= 0.6 is 0 Å². The molecule has 2 fully saturated rings. The van der Waals surface area contributed by atoms with E-state index in [9.17, 15) is 9.18 Å². The Morgan fingerprint density at radius 2 is 2.33 bits per heavy atom. The van der Waals surface area contributed by atoms with E-state index < -0.39 is 0 Å². The summed E-state index contributed by atoms with van der Waals surface area (Å²) in [4.78, 5) is 16.2. The number of urea groups is 1. The van der Waals surface area contributed by atoms with Crippen LogP contribution in [0.3, 0.4) is 0 Å². The standard InChI is InChI=1S/C15H18FN3O2/c16-11-1-2-14-10(5-11)6-13(21-14)9-18-8-12-7-17-3-4-19(12)15(18)20/h1-2,5,12-13,17H,3-4,6-9H2. The van der Waals surface area contributed by atoms with Crippen LogP contribution in [0.5, 0.6) is 5.75 Å². The van der Waals surface area contributed by atoms with Gasteiger partial charge in [-0.1, -0.05) is 0 Å². The first kappa shape index (κ1) is 12.9. The Hall–Kier alpha value is -1.82. The molecule has 2 saturated heterocycles. The van der Waals surface area contributed by atoms with E-state index in [0.29, 0.717) is 13.0 Å². The van der Waals surface area contributed by atoms with Crippen LogP contribution in [-0.4, -0.2) is 60.7 Å². The number of rotatable bonds is 2. The molecule has 1 aromatic carbocycles. The number of hydrogen-bond acceptors (Lipinski definition) is 3. The van der Waals surface area contributed by atoms with Crippen molar-refractivity contribution in [3.8, 4) is 5.75 Å². The smallest absolute Gasteiger partial charge is 0.320 e. The molecular formula is C15H18FN3O2. The molecule has 6 heteroatoms. The van der Waals surface area contributed by atoms with Gasteiger partial charge in [0.25, 0.3) is 0 Å². The molecule has 0 radical (unpaired) electrons. The van der Waals surface area contributed by atoms with Crippen molar-refractivity contribution in [2.24, 2.45) is 0 Å². The highest BCUT2D eigenvalue weighted by atomic mass is 19.1. The molecule has 3 aliphatic heterocycles. The molecule has 2 atom stereocenters. The number of piperazine rings is 1. The third kappa shape index (κ3) is 2.23. The summed E-state index contributed by atoms with van der Waals surface area (Å²) < 4.78 is 19.1. The number of halogens is 1. The van der Waals surface area contributed by atoms with Crippen LogP contribution in [0.15, 0.2) is 18.2 Å². The van der Waals surface area contributed by atoms with Crippen molar-refractivity contribution in [3.05, 3.63) is 29.6 Å². The molecule has 3 aliphatic rings. The summed E-state index contributed by atoms with van der Waals surface area (Å²) in [7, 11) is 0. The number of nitrogens with one attached hydrogen (secondary N) is 1. The molecule has 0 aliphatic carbocycles. The van der Waals surface area contributed by atoms with Gasteiger partial charge < -0.3 is 19.9 Å². The number of ether oxygens (including phenoxy) is 1.